The summed E-state index contributed by atoms with van der Waals surface area (Å²) >= 11 is 0. The summed E-state index contributed by atoms with van der Waals surface area (Å²) in [5, 5.41) is 2.84. The largest absolute Gasteiger partial charge is 0.444 e. The number of nitrogens with two attached hydrogens (primary N) is 4. The number of nitrogens with one attached hydrogen (secondary N) is 1. The fraction of sp³-hybridized carbons (Fsp3) is 0.792. The Morgan fingerprint density at radius 3 is 1.68 bits per heavy atom. The molecule has 7 heteroatoms. The van der Waals surface area contributed by atoms with Crippen molar-refractivity contribution < 1.29 is 9.53 Å². The molecule has 0 saturated heterocycles. The van der Waals surface area contributed by atoms with Gasteiger partial charge in [-0.2, -0.15) is 0 Å². The van der Waals surface area contributed by atoms with Crippen molar-refractivity contribution in [3.8, 4) is 0 Å². The van der Waals surface area contributed by atoms with Crippen LogP contribution in [0.4, 0.5) is 4.79 Å². The molecule has 0 aliphatic carbocycles. The van der Waals surface area contributed by atoms with E-state index in [4.69, 9.17) is 27.7 Å². The van der Waals surface area contributed by atoms with Crippen LogP contribution in [0.1, 0.15) is 78.6 Å². The third-order valence-corrected chi connectivity index (χ3v) is 5.05. The third-order valence-electron chi connectivity index (χ3n) is 5.05. The van der Waals surface area contributed by atoms with Crippen molar-refractivity contribution in [2.24, 2.45) is 28.9 Å². The highest BCUT2D eigenvalue weighted by Crippen LogP contribution is 2.22. The lowest BCUT2D eigenvalue weighted by atomic mass is 9.91. The second-order valence-corrected chi connectivity index (χ2v) is 9.14. The smallest absolute Gasteiger partial charge is 0.407 e. The van der Waals surface area contributed by atoms with Crippen LogP contribution in [0.25, 0.3) is 0 Å². The second kappa shape index (κ2) is 18.2. The maximum atomic E-state index is 11.8. The van der Waals surface area contributed by atoms with Crippen molar-refractivity contribution in [2.75, 3.05) is 32.7 Å². The summed E-state index contributed by atoms with van der Waals surface area (Å²) in [6.45, 7) is 8.86. The topological polar surface area (TPSA) is 142 Å². The van der Waals surface area contributed by atoms with Crippen LogP contribution in [-0.2, 0) is 4.74 Å². The van der Waals surface area contributed by atoms with Gasteiger partial charge >= 0.3 is 6.09 Å². The average molecular weight is 440 g/mol. The molecule has 0 rings (SSSR count). The lowest BCUT2D eigenvalue weighted by molar-refractivity contribution is 0.0527. The molecule has 0 aromatic heterocycles. The molecule has 0 aliphatic heterocycles. The highest BCUT2D eigenvalue weighted by atomic mass is 16.6. The number of hydrogen-bond donors (Lipinski definition) is 5. The zero-order valence-electron chi connectivity index (χ0n) is 20.3. The van der Waals surface area contributed by atoms with E-state index >= 15 is 0 Å². The van der Waals surface area contributed by atoms with Crippen LogP contribution in [0.2, 0.25) is 0 Å². The second-order valence-electron chi connectivity index (χ2n) is 9.14. The quantitative estimate of drug-likeness (QED) is 0.174. The summed E-state index contributed by atoms with van der Waals surface area (Å²) in [6, 6.07) is 0. The summed E-state index contributed by atoms with van der Waals surface area (Å²) in [5.41, 5.74) is 25.2. The van der Waals surface area contributed by atoms with Crippen LogP contribution >= 0.6 is 0 Å². The molecule has 1 amide bonds. The van der Waals surface area contributed by atoms with Crippen molar-refractivity contribution in [3.05, 3.63) is 23.3 Å². The van der Waals surface area contributed by atoms with E-state index in [0.717, 1.165) is 57.8 Å². The first-order chi connectivity index (χ1) is 14.8. The van der Waals surface area contributed by atoms with E-state index in [9.17, 15) is 4.79 Å². The van der Waals surface area contributed by atoms with E-state index in [1.165, 1.54) is 11.1 Å². The number of amides is 1. The molecule has 0 aromatic rings. The predicted molar refractivity (Wildman–Crippen MR) is 132 cm³/mol. The van der Waals surface area contributed by atoms with Crippen LogP contribution in [0.5, 0.6) is 0 Å². The summed E-state index contributed by atoms with van der Waals surface area (Å²) in [6.07, 6.45) is 13.1. The van der Waals surface area contributed by atoms with Crippen LogP contribution in [0.3, 0.4) is 0 Å². The fourth-order valence-electron chi connectivity index (χ4n) is 3.46. The number of unbranched alkanes of at least 4 members (excludes halogenated alkanes) is 1. The van der Waals surface area contributed by atoms with Crippen molar-refractivity contribution in [1.29, 1.82) is 0 Å². The molecule has 0 atom stereocenters. The molecule has 182 valence electrons. The van der Waals surface area contributed by atoms with Gasteiger partial charge < -0.3 is 33.0 Å². The number of hydrogen-bond acceptors (Lipinski definition) is 6. The summed E-state index contributed by atoms with van der Waals surface area (Å²) in [7, 11) is 0. The first-order valence-electron chi connectivity index (χ1n) is 11.9. The average Bonchev–Trinajstić information content (AvgIpc) is 2.68. The molecule has 0 aromatic carbocycles. The van der Waals surface area contributed by atoms with Crippen LogP contribution in [-0.4, -0.2) is 44.4 Å². The molecule has 0 aliphatic rings. The van der Waals surface area contributed by atoms with E-state index in [2.05, 4.69) is 17.5 Å². The Balaban J connectivity index is 4.76. The molecule has 0 spiro atoms. The van der Waals surface area contributed by atoms with Gasteiger partial charge in [0.05, 0.1) is 0 Å². The molecule has 0 bridgehead atoms. The minimum Gasteiger partial charge on any atom is -0.444 e. The highest BCUT2D eigenvalue weighted by Gasteiger charge is 2.15. The standard InChI is InChI=1S/C24H49N5O2/c1-24(2,3)31-23(30)29-19-5-4-6-20(7-9-21(11-15-25)12-16-26)8-10-22(13-17-27)14-18-28/h9-10,20H,4-8,11-19,25-28H2,1-3H3,(H,29,30). The molecule has 31 heavy (non-hydrogen) atoms. The molecular formula is C24H49N5O2. The number of alkyl carbamates (subject to hydrolysis) is 1. The van der Waals surface area contributed by atoms with E-state index in [1.807, 2.05) is 20.8 Å². The number of ether oxygens (including phenoxy) is 1. The summed E-state index contributed by atoms with van der Waals surface area (Å²) in [4.78, 5) is 11.8. The molecule has 0 heterocycles. The first-order valence-corrected chi connectivity index (χ1v) is 11.9. The third kappa shape index (κ3) is 17.9. The van der Waals surface area contributed by atoms with Gasteiger partial charge in [-0.05, 0) is 104 Å². The van der Waals surface area contributed by atoms with E-state index < -0.39 is 5.60 Å². The zero-order valence-corrected chi connectivity index (χ0v) is 20.3. The van der Waals surface area contributed by atoms with Crippen molar-refractivity contribution >= 4 is 6.09 Å². The lowest BCUT2D eigenvalue weighted by Crippen LogP contribution is -2.33. The molecule has 7 nitrogen and oxygen atoms in total. The molecule has 0 saturated carbocycles. The maximum absolute atomic E-state index is 11.8. The van der Waals surface area contributed by atoms with Gasteiger partial charge in [0.15, 0.2) is 0 Å². The van der Waals surface area contributed by atoms with Gasteiger partial charge in [-0.15, -0.1) is 0 Å². The van der Waals surface area contributed by atoms with Gasteiger partial charge in [0.2, 0.25) is 0 Å². The number of carbonyl (C=O) groups is 1. The van der Waals surface area contributed by atoms with Crippen molar-refractivity contribution in [1.82, 2.24) is 5.32 Å². The monoisotopic (exact) mass is 439 g/mol. The Kier molecular flexibility index (Phi) is 17.4. The van der Waals surface area contributed by atoms with Gasteiger partial charge in [0.1, 0.15) is 5.60 Å². The first kappa shape index (κ1) is 29.6. The molecule has 0 radical (unpaired) electrons. The van der Waals surface area contributed by atoms with Crippen LogP contribution in [0, 0.1) is 5.92 Å². The Morgan fingerprint density at radius 2 is 1.29 bits per heavy atom. The SMILES string of the molecule is CC(C)(C)OC(=O)NCCCCC(CC=C(CCN)CCN)CC=C(CCN)CCN. The van der Waals surface area contributed by atoms with E-state index in [0.29, 0.717) is 38.6 Å². The normalized spacial score (nSPS) is 11.4. The number of rotatable bonds is 17. The summed E-state index contributed by atoms with van der Waals surface area (Å²) in [5.74, 6) is 0.539. The number of carbonyl (C=O) groups excluding carboxylic acids is 1. The molecule has 0 fully saturated rings. The van der Waals surface area contributed by atoms with E-state index in [-0.39, 0.29) is 6.09 Å². The van der Waals surface area contributed by atoms with Crippen molar-refractivity contribution in [2.45, 2.75) is 84.2 Å². The Labute approximate surface area is 190 Å². The van der Waals surface area contributed by atoms with Gasteiger partial charge in [-0.1, -0.05) is 29.7 Å². The van der Waals surface area contributed by atoms with Crippen LogP contribution < -0.4 is 28.3 Å². The highest BCUT2D eigenvalue weighted by molar-refractivity contribution is 5.67. The molecular weight excluding hydrogens is 390 g/mol. The van der Waals surface area contributed by atoms with Crippen molar-refractivity contribution in [3.63, 3.8) is 0 Å². The fourth-order valence-corrected chi connectivity index (χ4v) is 3.46. The molecule has 0 unspecified atom stereocenters. The zero-order chi connectivity index (χ0) is 23.5. The van der Waals surface area contributed by atoms with Gasteiger partial charge in [-0.3, -0.25) is 0 Å². The van der Waals surface area contributed by atoms with Gasteiger partial charge in [0, 0.05) is 6.54 Å². The number of allylic oxidation sites excluding steroid dienone is 2. The van der Waals surface area contributed by atoms with Gasteiger partial charge in [0.25, 0.3) is 0 Å². The van der Waals surface area contributed by atoms with E-state index in [1.54, 1.807) is 0 Å². The summed E-state index contributed by atoms with van der Waals surface area (Å²) < 4.78 is 5.28. The van der Waals surface area contributed by atoms with Crippen LogP contribution in [0.15, 0.2) is 23.3 Å². The lowest BCUT2D eigenvalue weighted by Gasteiger charge is -2.20. The Hall–Kier alpha value is -1.41. The Bertz CT molecular complexity index is 483. The van der Waals surface area contributed by atoms with Gasteiger partial charge in [-0.25, -0.2) is 4.79 Å². The predicted octanol–water partition coefficient (Wildman–Crippen LogP) is 3.33. The molecule has 9 N–H and O–H groups in total. The minimum atomic E-state index is -0.469. The maximum Gasteiger partial charge on any atom is 0.407 e. The minimum absolute atomic E-state index is 0.351. The Morgan fingerprint density at radius 1 is 0.839 bits per heavy atom.